The van der Waals surface area contributed by atoms with Crippen molar-refractivity contribution in [2.24, 2.45) is 0 Å². The van der Waals surface area contributed by atoms with E-state index in [-0.39, 0.29) is 6.42 Å². The number of nitrogens with zero attached hydrogens (tertiary/aromatic N) is 1. The summed E-state index contributed by atoms with van der Waals surface area (Å²) in [5.74, 6) is -0.876. The molecule has 1 heterocycles. The minimum Gasteiger partial charge on any atom is -0.481 e. The van der Waals surface area contributed by atoms with E-state index in [0.29, 0.717) is 12.2 Å². The number of hydrogen-bond acceptors (Lipinski definition) is 7. The Kier molecular flexibility index (Phi) is 6.11. The van der Waals surface area contributed by atoms with Gasteiger partial charge in [0.15, 0.2) is 0 Å². The first-order valence-electron chi connectivity index (χ1n) is 8.15. The highest BCUT2D eigenvalue weighted by molar-refractivity contribution is 8.01. The number of ether oxygens (including phenoxy) is 1. The van der Waals surface area contributed by atoms with Crippen LogP contribution >= 0.6 is 0 Å². The average Bonchev–Trinajstić information content (AvgIpc) is 2.93. The summed E-state index contributed by atoms with van der Waals surface area (Å²) >= 11 is 0. The van der Waals surface area contributed by atoms with Crippen LogP contribution in [0, 0.1) is 0 Å². The van der Waals surface area contributed by atoms with Gasteiger partial charge >= 0.3 is 21.4 Å². The molecule has 0 atom stereocenters. The van der Waals surface area contributed by atoms with Crippen LogP contribution in [0.3, 0.4) is 0 Å². The number of aliphatic carboxylic acids is 1. The quantitative estimate of drug-likeness (QED) is 0.414. The van der Waals surface area contributed by atoms with Crippen LogP contribution in [0.2, 0.25) is 0 Å². The van der Waals surface area contributed by atoms with Gasteiger partial charge in [-0.05, 0) is 45.0 Å². The number of carboxylic acids is 1. The van der Waals surface area contributed by atoms with Crippen molar-refractivity contribution in [3.8, 4) is 0 Å². The summed E-state index contributed by atoms with van der Waals surface area (Å²) in [6, 6.07) is 7.06. The summed E-state index contributed by atoms with van der Waals surface area (Å²) in [4.78, 5) is 22.3. The van der Waals surface area contributed by atoms with Crippen molar-refractivity contribution >= 4 is 38.0 Å². The molecule has 0 amide bonds. The van der Waals surface area contributed by atoms with Crippen molar-refractivity contribution in [1.82, 2.24) is 4.57 Å². The van der Waals surface area contributed by atoms with Crippen molar-refractivity contribution in [2.75, 3.05) is 12.0 Å². The number of aryl methyl sites for hydroxylation is 1. The average molecular weight is 398 g/mol. The summed E-state index contributed by atoms with van der Waals surface area (Å²) in [6.07, 6.45) is 1.79. The zero-order valence-corrected chi connectivity index (χ0v) is 16.1. The molecule has 2 rings (SSSR count). The van der Waals surface area contributed by atoms with Crippen LogP contribution in [0.5, 0.6) is 0 Å². The lowest BCUT2D eigenvalue weighted by Gasteiger charge is -2.18. The van der Waals surface area contributed by atoms with Crippen molar-refractivity contribution in [3.63, 3.8) is 0 Å². The molecule has 0 aliphatic rings. The van der Waals surface area contributed by atoms with E-state index in [2.05, 4.69) is 9.50 Å². The van der Waals surface area contributed by atoms with Gasteiger partial charge < -0.3 is 19.7 Å². The lowest BCUT2D eigenvalue weighted by molar-refractivity contribution is -0.137. The van der Waals surface area contributed by atoms with Crippen LogP contribution in [0.25, 0.3) is 10.9 Å². The monoisotopic (exact) mass is 398 g/mol. The Bertz CT molecular complexity index is 942. The van der Waals surface area contributed by atoms with Crippen molar-refractivity contribution < 1.29 is 32.0 Å². The molecule has 0 aliphatic carbocycles. The maximum atomic E-state index is 11.8. The number of fused-ring (bicyclic) bond motifs is 1. The second-order valence-electron chi connectivity index (χ2n) is 6.78. The van der Waals surface area contributed by atoms with Crippen molar-refractivity contribution in [1.29, 1.82) is 0 Å². The molecule has 0 unspecified atom stereocenters. The Morgan fingerprint density at radius 3 is 2.56 bits per heavy atom. The third-order valence-corrected chi connectivity index (χ3v) is 4.34. The molecular formula is C17H22N2O7S. The Morgan fingerprint density at radius 2 is 1.93 bits per heavy atom. The smallest absolute Gasteiger partial charge is 0.452 e. The number of nitrogens with one attached hydrogen (secondary N) is 1. The van der Waals surface area contributed by atoms with E-state index in [1.54, 1.807) is 45.2 Å². The molecule has 27 heavy (non-hydrogen) atoms. The fourth-order valence-electron chi connectivity index (χ4n) is 2.26. The number of benzene rings is 1. The summed E-state index contributed by atoms with van der Waals surface area (Å²) in [5.41, 5.74) is 0.488. The first-order valence-corrected chi connectivity index (χ1v) is 9.56. The predicted octanol–water partition coefficient (Wildman–Crippen LogP) is 2.77. The molecule has 9 nitrogen and oxygen atoms in total. The Labute approximate surface area is 157 Å². The minimum atomic E-state index is -4.50. The van der Waals surface area contributed by atoms with Crippen LogP contribution in [0.15, 0.2) is 30.5 Å². The van der Waals surface area contributed by atoms with Crippen LogP contribution in [0.4, 0.5) is 10.5 Å². The third kappa shape index (κ3) is 5.97. The number of carboxylic acid groups (broad SMARTS) is 1. The van der Waals surface area contributed by atoms with Crippen LogP contribution in [0.1, 0.15) is 27.2 Å². The maximum Gasteiger partial charge on any atom is 0.452 e. The van der Waals surface area contributed by atoms with Gasteiger partial charge in [-0.15, -0.1) is 0 Å². The molecule has 2 N–H and O–H groups in total. The van der Waals surface area contributed by atoms with Gasteiger partial charge in [-0.2, -0.15) is 8.42 Å². The SMILES string of the molecule is CC(C)(C)OC(=O)S(=O)(=O)OCNc1ccc2c(ccn2CCC(=O)O)c1. The zero-order chi connectivity index (χ0) is 20.2. The van der Waals surface area contributed by atoms with E-state index < -0.39 is 33.7 Å². The van der Waals surface area contributed by atoms with Gasteiger partial charge in [0.2, 0.25) is 0 Å². The lowest BCUT2D eigenvalue weighted by Crippen LogP contribution is -2.30. The van der Waals surface area contributed by atoms with Crippen molar-refractivity contribution in [2.45, 2.75) is 39.3 Å². The molecular weight excluding hydrogens is 376 g/mol. The molecule has 2 aromatic rings. The van der Waals surface area contributed by atoms with Gasteiger partial charge in [0.1, 0.15) is 12.3 Å². The number of anilines is 1. The van der Waals surface area contributed by atoms with Gasteiger partial charge in [0.05, 0.1) is 6.42 Å². The summed E-state index contributed by atoms with van der Waals surface area (Å²) in [5, 5.41) is 10.9. The number of carbonyl (C=O) groups is 2. The fraction of sp³-hybridized carbons (Fsp3) is 0.412. The second kappa shape index (κ2) is 7.97. The molecule has 0 saturated heterocycles. The molecule has 0 fully saturated rings. The Balaban J connectivity index is 1.97. The van der Waals surface area contributed by atoms with E-state index in [4.69, 9.17) is 9.84 Å². The van der Waals surface area contributed by atoms with Gasteiger partial charge in [-0.1, -0.05) is 0 Å². The Morgan fingerprint density at radius 1 is 1.22 bits per heavy atom. The van der Waals surface area contributed by atoms with E-state index in [1.807, 2.05) is 10.6 Å². The number of aromatic nitrogens is 1. The number of rotatable bonds is 7. The van der Waals surface area contributed by atoms with E-state index in [9.17, 15) is 18.0 Å². The molecule has 1 aromatic heterocycles. The fourth-order valence-corrected chi connectivity index (χ4v) is 2.92. The van der Waals surface area contributed by atoms with Crippen LogP contribution < -0.4 is 5.32 Å². The van der Waals surface area contributed by atoms with Crippen LogP contribution in [-0.2, 0) is 30.4 Å². The molecule has 0 bridgehead atoms. The second-order valence-corrected chi connectivity index (χ2v) is 8.26. The maximum absolute atomic E-state index is 11.8. The Hall–Kier alpha value is -2.59. The highest BCUT2D eigenvalue weighted by Crippen LogP contribution is 2.21. The zero-order valence-electron chi connectivity index (χ0n) is 15.3. The molecule has 10 heteroatoms. The topological polar surface area (TPSA) is 124 Å². The number of hydrogen-bond donors (Lipinski definition) is 2. The molecule has 0 saturated carbocycles. The highest BCUT2D eigenvalue weighted by atomic mass is 32.2. The standard InChI is InChI=1S/C17H22N2O7S/c1-17(2,3)26-16(22)27(23,24)25-11-18-13-4-5-14-12(10-13)6-8-19(14)9-7-15(20)21/h4-6,8,10,18H,7,9,11H2,1-3H3,(H,20,21). The molecule has 1 aromatic carbocycles. The normalized spacial score (nSPS) is 12.1. The molecule has 0 radical (unpaired) electrons. The predicted molar refractivity (Wildman–Crippen MR) is 98.9 cm³/mol. The van der Waals surface area contributed by atoms with Gasteiger partial charge in [-0.25, -0.2) is 8.98 Å². The molecule has 148 valence electrons. The minimum absolute atomic E-state index is 0.0140. The first kappa shape index (κ1) is 20.7. The summed E-state index contributed by atoms with van der Waals surface area (Å²) < 4.78 is 34.7. The van der Waals surface area contributed by atoms with Gasteiger partial charge in [0, 0.05) is 29.3 Å². The van der Waals surface area contributed by atoms with Crippen LogP contribution in [-0.4, -0.2) is 41.7 Å². The lowest BCUT2D eigenvalue weighted by atomic mass is 10.2. The third-order valence-electron chi connectivity index (χ3n) is 3.42. The van der Waals surface area contributed by atoms with E-state index in [1.165, 1.54) is 0 Å². The first-order chi connectivity index (χ1) is 12.5. The summed E-state index contributed by atoms with van der Waals surface area (Å²) in [6.45, 7) is 4.57. The highest BCUT2D eigenvalue weighted by Gasteiger charge is 2.29. The summed E-state index contributed by atoms with van der Waals surface area (Å²) in [7, 11) is -4.50. The largest absolute Gasteiger partial charge is 0.481 e. The molecule has 0 aliphatic heterocycles. The van der Waals surface area contributed by atoms with Gasteiger partial charge in [-0.3, -0.25) is 4.79 Å². The van der Waals surface area contributed by atoms with E-state index >= 15 is 0 Å². The van der Waals surface area contributed by atoms with Crippen molar-refractivity contribution in [3.05, 3.63) is 30.5 Å². The molecule has 0 spiro atoms. The van der Waals surface area contributed by atoms with E-state index in [0.717, 1.165) is 10.9 Å². The van der Waals surface area contributed by atoms with Gasteiger partial charge in [0.25, 0.3) is 0 Å². The number of carbonyl (C=O) groups excluding carboxylic acids is 1.